The number of hydrogen-bond donors (Lipinski definition) is 1. The lowest BCUT2D eigenvalue weighted by Gasteiger charge is -2.36. The van der Waals surface area contributed by atoms with Crippen LogP contribution in [0.5, 0.6) is 0 Å². The molecule has 3 heteroatoms. The first-order valence-corrected chi connectivity index (χ1v) is 6.59. The van der Waals surface area contributed by atoms with E-state index in [9.17, 15) is 4.79 Å². The molecule has 0 saturated heterocycles. The van der Waals surface area contributed by atoms with Crippen LogP contribution in [0.25, 0.3) is 0 Å². The van der Waals surface area contributed by atoms with Crippen LogP contribution in [0.3, 0.4) is 0 Å². The maximum atomic E-state index is 12.1. The van der Waals surface area contributed by atoms with Crippen molar-refractivity contribution in [2.24, 2.45) is 0 Å². The van der Waals surface area contributed by atoms with Crippen molar-refractivity contribution in [3.8, 4) is 0 Å². The van der Waals surface area contributed by atoms with Crippen molar-refractivity contribution in [1.29, 1.82) is 0 Å². The maximum Gasteiger partial charge on any atom is 0.331 e. The predicted molar refractivity (Wildman–Crippen MR) is 72.6 cm³/mol. The number of nitrogens with one attached hydrogen (secondary N) is 1. The van der Waals surface area contributed by atoms with Crippen LogP contribution < -0.4 is 5.32 Å². The number of benzene rings is 1. The molecule has 0 spiro atoms. The number of esters is 1. The monoisotopic (exact) mass is 247 g/mol. The number of carbonyl (C=O) groups excluding carboxylic acids is 1. The van der Waals surface area contributed by atoms with Crippen molar-refractivity contribution in [1.82, 2.24) is 0 Å². The Hall–Kier alpha value is -1.51. The highest BCUT2D eigenvalue weighted by molar-refractivity contribution is 5.84. The van der Waals surface area contributed by atoms with E-state index in [1.807, 2.05) is 12.1 Å². The van der Waals surface area contributed by atoms with Crippen molar-refractivity contribution >= 4 is 11.7 Å². The molecule has 1 aliphatic carbocycles. The Morgan fingerprint density at radius 2 is 2.00 bits per heavy atom. The zero-order chi connectivity index (χ0) is 13.0. The van der Waals surface area contributed by atoms with Gasteiger partial charge in [-0.1, -0.05) is 31.4 Å². The number of anilines is 1. The van der Waals surface area contributed by atoms with E-state index in [2.05, 4.69) is 24.4 Å². The largest absolute Gasteiger partial charge is 0.467 e. The summed E-state index contributed by atoms with van der Waals surface area (Å²) in [7, 11) is 1.47. The van der Waals surface area contributed by atoms with Gasteiger partial charge in [-0.2, -0.15) is 0 Å². The van der Waals surface area contributed by atoms with Gasteiger partial charge in [0, 0.05) is 5.69 Å². The fraction of sp³-hybridized carbons (Fsp3) is 0.533. The minimum atomic E-state index is -0.527. The number of aryl methyl sites for hydroxylation is 1. The molecule has 1 N–H and O–H groups in total. The highest BCUT2D eigenvalue weighted by atomic mass is 16.5. The molecule has 2 rings (SSSR count). The number of methoxy groups -OCH3 is 1. The Kier molecular flexibility index (Phi) is 3.90. The van der Waals surface area contributed by atoms with Crippen LogP contribution in [0.4, 0.5) is 5.69 Å². The average molecular weight is 247 g/mol. The molecule has 0 radical (unpaired) electrons. The predicted octanol–water partition coefficient (Wildman–Crippen LogP) is 3.28. The van der Waals surface area contributed by atoms with E-state index in [-0.39, 0.29) is 5.97 Å². The van der Waals surface area contributed by atoms with Crippen LogP contribution in [0.15, 0.2) is 24.3 Å². The summed E-state index contributed by atoms with van der Waals surface area (Å²) in [5.74, 6) is -0.135. The fourth-order valence-electron chi connectivity index (χ4n) is 2.73. The Labute approximate surface area is 109 Å². The maximum absolute atomic E-state index is 12.1. The molecule has 1 aliphatic rings. The summed E-state index contributed by atoms with van der Waals surface area (Å²) in [4.78, 5) is 12.1. The van der Waals surface area contributed by atoms with Crippen molar-refractivity contribution in [3.63, 3.8) is 0 Å². The third kappa shape index (κ3) is 2.66. The summed E-state index contributed by atoms with van der Waals surface area (Å²) in [5.41, 5.74) is 1.67. The van der Waals surface area contributed by atoms with Gasteiger partial charge in [-0.3, -0.25) is 0 Å². The second kappa shape index (κ2) is 5.42. The summed E-state index contributed by atoms with van der Waals surface area (Å²) in [5, 5.41) is 3.41. The molecule has 18 heavy (non-hydrogen) atoms. The van der Waals surface area contributed by atoms with Crippen LogP contribution in [-0.4, -0.2) is 18.6 Å². The second-order valence-electron chi connectivity index (χ2n) is 5.13. The molecule has 0 unspecified atom stereocenters. The smallest absolute Gasteiger partial charge is 0.331 e. The Morgan fingerprint density at radius 3 is 2.61 bits per heavy atom. The van der Waals surface area contributed by atoms with Crippen LogP contribution >= 0.6 is 0 Å². The Bertz CT molecular complexity index is 422. The van der Waals surface area contributed by atoms with Crippen molar-refractivity contribution < 1.29 is 9.53 Å². The van der Waals surface area contributed by atoms with E-state index >= 15 is 0 Å². The minimum Gasteiger partial charge on any atom is -0.467 e. The van der Waals surface area contributed by atoms with E-state index in [1.54, 1.807) is 0 Å². The van der Waals surface area contributed by atoms with Gasteiger partial charge < -0.3 is 10.1 Å². The van der Waals surface area contributed by atoms with E-state index in [4.69, 9.17) is 4.74 Å². The molecule has 3 nitrogen and oxygen atoms in total. The van der Waals surface area contributed by atoms with Crippen LogP contribution in [0, 0.1) is 6.92 Å². The van der Waals surface area contributed by atoms with E-state index < -0.39 is 5.54 Å². The molecular formula is C15H21NO2. The standard InChI is InChI=1S/C15H21NO2/c1-12-7-6-8-13(11-12)16-15(14(17)18-2)9-4-3-5-10-15/h6-8,11,16H,3-5,9-10H2,1-2H3. The minimum absolute atomic E-state index is 0.135. The molecule has 0 bridgehead atoms. The van der Waals surface area contributed by atoms with Crippen molar-refractivity contribution in [3.05, 3.63) is 29.8 Å². The summed E-state index contributed by atoms with van der Waals surface area (Å²) < 4.78 is 4.99. The second-order valence-corrected chi connectivity index (χ2v) is 5.13. The molecule has 1 aromatic carbocycles. The number of ether oxygens (including phenoxy) is 1. The summed E-state index contributed by atoms with van der Waals surface area (Å²) in [6.45, 7) is 2.05. The van der Waals surface area contributed by atoms with Crippen LogP contribution in [-0.2, 0) is 9.53 Å². The lowest BCUT2D eigenvalue weighted by Crippen LogP contribution is -2.48. The first kappa shape index (κ1) is 12.9. The van der Waals surface area contributed by atoms with E-state index in [0.29, 0.717) is 0 Å². The van der Waals surface area contributed by atoms with Gasteiger partial charge in [-0.15, -0.1) is 0 Å². The molecule has 0 amide bonds. The molecule has 0 aromatic heterocycles. The normalized spacial score (nSPS) is 18.1. The number of carbonyl (C=O) groups is 1. The zero-order valence-corrected chi connectivity index (χ0v) is 11.2. The van der Waals surface area contributed by atoms with Gasteiger partial charge >= 0.3 is 5.97 Å². The number of hydrogen-bond acceptors (Lipinski definition) is 3. The van der Waals surface area contributed by atoms with Gasteiger partial charge in [0.2, 0.25) is 0 Å². The van der Waals surface area contributed by atoms with Crippen molar-refractivity contribution in [2.45, 2.75) is 44.6 Å². The summed E-state index contributed by atoms with van der Waals surface area (Å²) >= 11 is 0. The average Bonchev–Trinajstić information content (AvgIpc) is 2.39. The first-order valence-electron chi connectivity index (χ1n) is 6.59. The van der Waals surface area contributed by atoms with Gasteiger partial charge in [-0.05, 0) is 37.5 Å². The highest BCUT2D eigenvalue weighted by Crippen LogP contribution is 2.33. The highest BCUT2D eigenvalue weighted by Gasteiger charge is 2.40. The number of rotatable bonds is 3. The van der Waals surface area contributed by atoms with Gasteiger partial charge in [0.05, 0.1) is 7.11 Å². The quantitative estimate of drug-likeness (QED) is 0.833. The first-order chi connectivity index (χ1) is 8.66. The van der Waals surface area contributed by atoms with Gasteiger partial charge in [-0.25, -0.2) is 4.79 Å². The molecule has 1 aromatic rings. The lowest BCUT2D eigenvalue weighted by molar-refractivity contribution is -0.147. The molecular weight excluding hydrogens is 226 g/mol. The molecule has 1 fully saturated rings. The third-order valence-corrected chi connectivity index (χ3v) is 3.68. The molecule has 0 heterocycles. The van der Waals surface area contributed by atoms with Crippen LogP contribution in [0.1, 0.15) is 37.7 Å². The third-order valence-electron chi connectivity index (χ3n) is 3.68. The Morgan fingerprint density at radius 1 is 1.28 bits per heavy atom. The molecule has 0 atom stereocenters. The zero-order valence-electron chi connectivity index (χ0n) is 11.2. The van der Waals surface area contributed by atoms with Crippen molar-refractivity contribution in [2.75, 3.05) is 12.4 Å². The Balaban J connectivity index is 2.22. The summed E-state index contributed by atoms with van der Waals surface area (Å²) in [6.07, 6.45) is 5.07. The van der Waals surface area contributed by atoms with Gasteiger partial charge in [0.25, 0.3) is 0 Å². The molecule has 98 valence electrons. The fourth-order valence-corrected chi connectivity index (χ4v) is 2.73. The molecule has 0 aliphatic heterocycles. The van der Waals surface area contributed by atoms with E-state index in [1.165, 1.54) is 19.1 Å². The van der Waals surface area contributed by atoms with Gasteiger partial charge in [0.1, 0.15) is 5.54 Å². The topological polar surface area (TPSA) is 38.3 Å². The molecule has 1 saturated carbocycles. The van der Waals surface area contributed by atoms with E-state index in [0.717, 1.165) is 31.4 Å². The summed E-state index contributed by atoms with van der Waals surface area (Å²) in [6, 6.07) is 8.13. The van der Waals surface area contributed by atoms with Gasteiger partial charge in [0.15, 0.2) is 0 Å². The lowest BCUT2D eigenvalue weighted by atomic mass is 9.81. The van der Waals surface area contributed by atoms with Crippen LogP contribution in [0.2, 0.25) is 0 Å². The SMILES string of the molecule is COC(=O)C1(Nc2cccc(C)c2)CCCCC1.